The van der Waals surface area contributed by atoms with Crippen molar-refractivity contribution in [3.05, 3.63) is 0 Å². The van der Waals surface area contributed by atoms with Crippen molar-refractivity contribution in [3.8, 4) is 0 Å². The fourth-order valence-corrected chi connectivity index (χ4v) is 2.57. The molecule has 1 saturated carbocycles. The van der Waals surface area contributed by atoms with Gasteiger partial charge in [0.05, 0.1) is 5.75 Å². The zero-order valence-corrected chi connectivity index (χ0v) is 9.73. The van der Waals surface area contributed by atoms with Crippen molar-refractivity contribution in [2.24, 2.45) is 0 Å². The molecular formula is C9H20N2O2S. The van der Waals surface area contributed by atoms with Gasteiger partial charge in [0, 0.05) is 18.6 Å². The number of rotatable bonds is 6. The van der Waals surface area contributed by atoms with Gasteiger partial charge in [-0.3, -0.25) is 0 Å². The van der Waals surface area contributed by atoms with Gasteiger partial charge in [0.15, 0.2) is 0 Å². The molecule has 14 heavy (non-hydrogen) atoms. The lowest BCUT2D eigenvalue weighted by atomic mass is 9.94. The fraction of sp³-hybridized carbons (Fsp3) is 1.00. The van der Waals surface area contributed by atoms with Crippen LogP contribution >= 0.6 is 0 Å². The molecule has 0 spiro atoms. The molecule has 0 aliphatic heterocycles. The molecule has 0 saturated heterocycles. The van der Waals surface area contributed by atoms with Gasteiger partial charge >= 0.3 is 0 Å². The summed E-state index contributed by atoms with van der Waals surface area (Å²) in [6, 6.07) is 0.549. The summed E-state index contributed by atoms with van der Waals surface area (Å²) in [6.07, 6.45) is 3.14. The number of hydrogen-bond donors (Lipinski definition) is 2. The smallest absolute Gasteiger partial charge is 0.213 e. The van der Waals surface area contributed by atoms with E-state index < -0.39 is 10.0 Å². The average Bonchev–Trinajstić information content (AvgIpc) is 1.96. The highest BCUT2D eigenvalue weighted by atomic mass is 32.2. The van der Waals surface area contributed by atoms with Gasteiger partial charge in [-0.05, 0) is 12.8 Å². The first-order valence-corrected chi connectivity index (χ1v) is 6.88. The highest BCUT2D eigenvalue weighted by molar-refractivity contribution is 7.89. The van der Waals surface area contributed by atoms with Gasteiger partial charge in [-0.2, -0.15) is 0 Å². The summed E-state index contributed by atoms with van der Waals surface area (Å²) in [5.41, 5.74) is 0. The molecule has 2 N–H and O–H groups in total. The van der Waals surface area contributed by atoms with Gasteiger partial charge in [0.1, 0.15) is 0 Å². The van der Waals surface area contributed by atoms with E-state index in [0.29, 0.717) is 12.6 Å². The van der Waals surface area contributed by atoms with Crippen LogP contribution in [0.1, 0.15) is 33.1 Å². The summed E-state index contributed by atoms with van der Waals surface area (Å²) in [5, 5.41) is 3.09. The Kier molecular flexibility index (Phi) is 4.34. The van der Waals surface area contributed by atoms with Crippen LogP contribution in [0, 0.1) is 0 Å². The molecular weight excluding hydrogens is 200 g/mol. The van der Waals surface area contributed by atoms with E-state index in [9.17, 15) is 8.42 Å². The van der Waals surface area contributed by atoms with Crippen LogP contribution in [0.25, 0.3) is 0 Å². The third-order valence-electron chi connectivity index (χ3n) is 2.37. The van der Waals surface area contributed by atoms with Crippen molar-refractivity contribution in [2.45, 2.75) is 45.2 Å². The van der Waals surface area contributed by atoms with E-state index in [4.69, 9.17) is 0 Å². The molecule has 0 aromatic rings. The molecule has 0 unspecified atom stereocenters. The molecule has 0 aromatic carbocycles. The largest absolute Gasteiger partial charge is 0.313 e. The number of sulfonamides is 1. The molecule has 84 valence electrons. The lowest BCUT2D eigenvalue weighted by Gasteiger charge is -2.26. The zero-order valence-electron chi connectivity index (χ0n) is 8.91. The maximum atomic E-state index is 11.5. The molecule has 0 amide bonds. The Morgan fingerprint density at radius 3 is 2.43 bits per heavy atom. The molecule has 1 rings (SSSR count). The maximum Gasteiger partial charge on any atom is 0.213 e. The first-order chi connectivity index (χ1) is 6.49. The van der Waals surface area contributed by atoms with Crippen LogP contribution in [0.5, 0.6) is 0 Å². The number of nitrogens with one attached hydrogen (secondary N) is 2. The minimum Gasteiger partial charge on any atom is -0.313 e. The summed E-state index contributed by atoms with van der Waals surface area (Å²) in [5.74, 6) is 0.182. The fourth-order valence-electron chi connectivity index (χ4n) is 1.32. The highest BCUT2D eigenvalue weighted by Gasteiger charge is 2.22. The minimum atomic E-state index is -3.05. The first kappa shape index (κ1) is 11.9. The normalized spacial score (nSPS) is 18.5. The van der Waals surface area contributed by atoms with Crippen LogP contribution in [0.2, 0.25) is 0 Å². The van der Waals surface area contributed by atoms with Crippen molar-refractivity contribution < 1.29 is 8.42 Å². The first-order valence-electron chi connectivity index (χ1n) is 5.23. The van der Waals surface area contributed by atoms with E-state index in [1.54, 1.807) is 0 Å². The summed E-state index contributed by atoms with van der Waals surface area (Å²) in [7, 11) is -3.05. The third kappa shape index (κ3) is 4.39. The summed E-state index contributed by atoms with van der Waals surface area (Å²) in [4.78, 5) is 0. The molecule has 0 radical (unpaired) electrons. The monoisotopic (exact) mass is 220 g/mol. The SMILES string of the molecule is CC(C)NCCS(=O)(=O)NC1CCC1. The second-order valence-electron chi connectivity index (χ2n) is 4.17. The molecule has 4 nitrogen and oxygen atoms in total. The Morgan fingerprint density at radius 2 is 2.00 bits per heavy atom. The zero-order chi connectivity index (χ0) is 10.6. The van der Waals surface area contributed by atoms with Gasteiger partial charge < -0.3 is 5.32 Å². The van der Waals surface area contributed by atoms with Gasteiger partial charge in [0.2, 0.25) is 10.0 Å². The van der Waals surface area contributed by atoms with Crippen molar-refractivity contribution in [1.29, 1.82) is 0 Å². The number of hydrogen-bond acceptors (Lipinski definition) is 3. The quantitative estimate of drug-likeness (QED) is 0.683. The highest BCUT2D eigenvalue weighted by Crippen LogP contribution is 2.18. The van der Waals surface area contributed by atoms with Crippen LogP contribution in [-0.4, -0.2) is 32.8 Å². The maximum absolute atomic E-state index is 11.5. The van der Waals surface area contributed by atoms with Crippen LogP contribution in [0.4, 0.5) is 0 Å². The van der Waals surface area contributed by atoms with Gasteiger partial charge in [-0.1, -0.05) is 20.3 Å². The lowest BCUT2D eigenvalue weighted by molar-refractivity contribution is 0.383. The van der Waals surface area contributed by atoms with Gasteiger partial charge in [-0.15, -0.1) is 0 Å². The molecule has 0 heterocycles. The van der Waals surface area contributed by atoms with Gasteiger partial charge in [-0.25, -0.2) is 13.1 Å². The Bertz CT molecular complexity index is 258. The van der Waals surface area contributed by atoms with Crippen LogP contribution in [0.3, 0.4) is 0 Å². The molecule has 1 fully saturated rings. The predicted molar refractivity (Wildman–Crippen MR) is 57.7 cm³/mol. The minimum absolute atomic E-state index is 0.182. The van der Waals surface area contributed by atoms with Crippen LogP contribution in [-0.2, 0) is 10.0 Å². The molecule has 0 atom stereocenters. The van der Waals surface area contributed by atoms with E-state index >= 15 is 0 Å². The topological polar surface area (TPSA) is 58.2 Å². The van der Waals surface area contributed by atoms with E-state index in [0.717, 1.165) is 19.3 Å². The second kappa shape index (κ2) is 5.09. The van der Waals surface area contributed by atoms with Crippen LogP contribution < -0.4 is 10.0 Å². The molecule has 1 aliphatic rings. The lowest BCUT2D eigenvalue weighted by Crippen LogP contribution is -2.42. The molecule has 1 aliphatic carbocycles. The summed E-state index contributed by atoms with van der Waals surface area (Å²) >= 11 is 0. The molecule has 5 heteroatoms. The second-order valence-corrected chi connectivity index (χ2v) is 6.05. The third-order valence-corrected chi connectivity index (χ3v) is 3.81. The Morgan fingerprint density at radius 1 is 1.36 bits per heavy atom. The van der Waals surface area contributed by atoms with E-state index in [1.807, 2.05) is 13.8 Å². The van der Waals surface area contributed by atoms with E-state index in [-0.39, 0.29) is 11.8 Å². The molecule has 0 aromatic heterocycles. The van der Waals surface area contributed by atoms with Gasteiger partial charge in [0.25, 0.3) is 0 Å². The van der Waals surface area contributed by atoms with Crippen molar-refractivity contribution >= 4 is 10.0 Å². The standard InChI is InChI=1S/C9H20N2O2S/c1-8(2)10-6-7-14(12,13)11-9-4-3-5-9/h8-11H,3-7H2,1-2H3. The average molecular weight is 220 g/mol. The van der Waals surface area contributed by atoms with Crippen molar-refractivity contribution in [2.75, 3.05) is 12.3 Å². The van der Waals surface area contributed by atoms with Crippen molar-refractivity contribution in [3.63, 3.8) is 0 Å². The van der Waals surface area contributed by atoms with E-state index in [1.165, 1.54) is 0 Å². The van der Waals surface area contributed by atoms with Crippen LogP contribution in [0.15, 0.2) is 0 Å². The summed E-state index contributed by atoms with van der Waals surface area (Å²) in [6.45, 7) is 4.54. The van der Waals surface area contributed by atoms with Crippen molar-refractivity contribution in [1.82, 2.24) is 10.0 Å². The summed E-state index contributed by atoms with van der Waals surface area (Å²) < 4.78 is 25.6. The predicted octanol–water partition coefficient (Wildman–Crippen LogP) is 0.456. The molecule has 0 bridgehead atoms. The van der Waals surface area contributed by atoms with E-state index in [2.05, 4.69) is 10.0 Å². The Balaban J connectivity index is 2.19. The Hall–Kier alpha value is -0.130. The Labute approximate surface area is 86.5 Å².